The first-order valence-electron chi connectivity index (χ1n) is 4.72. The molecule has 0 bridgehead atoms. The summed E-state index contributed by atoms with van der Waals surface area (Å²) in [5.41, 5.74) is 0. The Hall–Kier alpha value is -0.690. The average Bonchev–Trinajstić information content (AvgIpc) is 2.46. The summed E-state index contributed by atoms with van der Waals surface area (Å²) in [5.74, 6) is -0.426. The lowest BCUT2D eigenvalue weighted by molar-refractivity contribution is -0.161. The minimum Gasteiger partial charge on any atom is -0.463 e. The van der Waals surface area contributed by atoms with Gasteiger partial charge in [-0.3, -0.25) is 4.79 Å². The van der Waals surface area contributed by atoms with Crippen LogP contribution in [0.5, 0.6) is 0 Å². The van der Waals surface area contributed by atoms with Crippen LogP contribution in [-0.2, 0) is 19.0 Å². The summed E-state index contributed by atoms with van der Waals surface area (Å²) >= 11 is 0. The van der Waals surface area contributed by atoms with E-state index >= 15 is 0 Å². The van der Waals surface area contributed by atoms with Crippen LogP contribution >= 0.6 is 0 Å². The van der Waals surface area contributed by atoms with Gasteiger partial charge >= 0.3 is 5.97 Å². The molecule has 1 rings (SSSR count). The number of methoxy groups -OCH3 is 1. The third-order valence-corrected chi connectivity index (χ3v) is 2.26. The Kier molecular flexibility index (Phi) is 4.46. The standard InChI is InChI=1S/C9H16O6/c1-5(10)14-4-7(13-2)9-6(11)3-8(12)15-9/h6-9,11-12H,3-4H2,1-2H3. The molecule has 1 aliphatic heterocycles. The molecule has 6 nitrogen and oxygen atoms in total. The fourth-order valence-corrected chi connectivity index (χ4v) is 1.50. The van der Waals surface area contributed by atoms with E-state index < -0.39 is 30.6 Å². The molecule has 0 saturated carbocycles. The molecule has 0 aromatic carbocycles. The molecule has 0 amide bonds. The molecule has 2 N–H and O–H groups in total. The van der Waals surface area contributed by atoms with Gasteiger partial charge in [-0.05, 0) is 0 Å². The van der Waals surface area contributed by atoms with Gasteiger partial charge in [0.2, 0.25) is 0 Å². The largest absolute Gasteiger partial charge is 0.463 e. The molecule has 0 aromatic rings. The maximum atomic E-state index is 10.6. The van der Waals surface area contributed by atoms with E-state index in [2.05, 4.69) is 0 Å². The number of carbonyl (C=O) groups excluding carboxylic acids is 1. The number of esters is 1. The zero-order valence-electron chi connectivity index (χ0n) is 8.75. The van der Waals surface area contributed by atoms with Crippen LogP contribution in [0.4, 0.5) is 0 Å². The molecular weight excluding hydrogens is 204 g/mol. The van der Waals surface area contributed by atoms with E-state index in [0.717, 1.165) is 0 Å². The van der Waals surface area contributed by atoms with Crippen molar-refractivity contribution < 1.29 is 29.2 Å². The Morgan fingerprint density at radius 3 is 2.67 bits per heavy atom. The van der Waals surface area contributed by atoms with E-state index in [9.17, 15) is 9.90 Å². The minimum atomic E-state index is -0.986. The highest BCUT2D eigenvalue weighted by Crippen LogP contribution is 2.22. The van der Waals surface area contributed by atoms with E-state index in [-0.39, 0.29) is 13.0 Å². The van der Waals surface area contributed by atoms with Crippen molar-refractivity contribution in [1.29, 1.82) is 0 Å². The molecule has 1 heterocycles. The van der Waals surface area contributed by atoms with Gasteiger partial charge in [0.15, 0.2) is 6.29 Å². The molecule has 4 atom stereocenters. The second-order valence-electron chi connectivity index (χ2n) is 3.44. The molecule has 4 unspecified atom stereocenters. The Bertz CT molecular complexity index is 219. The normalized spacial score (nSPS) is 32.7. The van der Waals surface area contributed by atoms with Crippen LogP contribution in [0.2, 0.25) is 0 Å². The third kappa shape index (κ3) is 3.42. The highest BCUT2D eigenvalue weighted by molar-refractivity contribution is 5.65. The number of carbonyl (C=O) groups is 1. The summed E-state index contributed by atoms with van der Waals surface area (Å²) in [6, 6.07) is 0. The zero-order valence-corrected chi connectivity index (χ0v) is 8.75. The van der Waals surface area contributed by atoms with E-state index in [1.807, 2.05) is 0 Å². The lowest BCUT2D eigenvalue weighted by Crippen LogP contribution is -2.39. The summed E-state index contributed by atoms with van der Waals surface area (Å²) in [7, 11) is 1.43. The number of rotatable bonds is 4. The topological polar surface area (TPSA) is 85.2 Å². The van der Waals surface area contributed by atoms with Crippen molar-refractivity contribution in [3.05, 3.63) is 0 Å². The fourth-order valence-electron chi connectivity index (χ4n) is 1.50. The molecule has 88 valence electrons. The molecular formula is C9H16O6. The van der Waals surface area contributed by atoms with Gasteiger partial charge in [0, 0.05) is 20.5 Å². The molecule has 0 spiro atoms. The van der Waals surface area contributed by atoms with E-state index in [1.54, 1.807) is 0 Å². The van der Waals surface area contributed by atoms with Crippen LogP contribution in [0.3, 0.4) is 0 Å². The molecule has 1 fully saturated rings. The average molecular weight is 220 g/mol. The van der Waals surface area contributed by atoms with Crippen LogP contribution in [0.1, 0.15) is 13.3 Å². The van der Waals surface area contributed by atoms with E-state index in [0.29, 0.717) is 0 Å². The monoisotopic (exact) mass is 220 g/mol. The van der Waals surface area contributed by atoms with Crippen molar-refractivity contribution in [2.75, 3.05) is 13.7 Å². The second kappa shape index (κ2) is 5.41. The highest BCUT2D eigenvalue weighted by Gasteiger charge is 2.39. The second-order valence-corrected chi connectivity index (χ2v) is 3.44. The first kappa shape index (κ1) is 12.4. The van der Waals surface area contributed by atoms with Crippen molar-refractivity contribution in [2.24, 2.45) is 0 Å². The SMILES string of the molecule is COC(COC(C)=O)C1OC(O)CC1O. The Morgan fingerprint density at radius 1 is 1.60 bits per heavy atom. The molecule has 15 heavy (non-hydrogen) atoms. The molecule has 0 aromatic heterocycles. The number of hydrogen-bond acceptors (Lipinski definition) is 6. The molecule has 0 radical (unpaired) electrons. The van der Waals surface area contributed by atoms with Crippen molar-refractivity contribution in [2.45, 2.75) is 37.9 Å². The first-order chi connectivity index (χ1) is 7.04. The van der Waals surface area contributed by atoms with Gasteiger partial charge in [-0.1, -0.05) is 0 Å². The van der Waals surface area contributed by atoms with Crippen molar-refractivity contribution in [3.63, 3.8) is 0 Å². The predicted octanol–water partition coefficient (Wildman–Crippen LogP) is -0.967. The maximum Gasteiger partial charge on any atom is 0.302 e. The quantitative estimate of drug-likeness (QED) is 0.593. The van der Waals surface area contributed by atoms with E-state index in [1.165, 1.54) is 14.0 Å². The minimum absolute atomic E-state index is 0.000278. The van der Waals surface area contributed by atoms with Gasteiger partial charge in [-0.2, -0.15) is 0 Å². The van der Waals surface area contributed by atoms with Crippen molar-refractivity contribution in [1.82, 2.24) is 0 Å². The van der Waals surface area contributed by atoms with Crippen LogP contribution in [0.25, 0.3) is 0 Å². The zero-order chi connectivity index (χ0) is 11.4. The van der Waals surface area contributed by atoms with Crippen LogP contribution < -0.4 is 0 Å². The fraction of sp³-hybridized carbons (Fsp3) is 0.889. The molecule has 1 aliphatic rings. The predicted molar refractivity (Wildman–Crippen MR) is 48.9 cm³/mol. The first-order valence-corrected chi connectivity index (χ1v) is 4.72. The van der Waals surface area contributed by atoms with Crippen LogP contribution in [0.15, 0.2) is 0 Å². The number of ether oxygens (including phenoxy) is 3. The maximum absolute atomic E-state index is 10.6. The Morgan fingerprint density at radius 2 is 2.27 bits per heavy atom. The Balaban J connectivity index is 2.47. The molecule has 6 heteroatoms. The van der Waals surface area contributed by atoms with Crippen LogP contribution in [0, 0.1) is 0 Å². The number of aliphatic hydroxyl groups excluding tert-OH is 2. The van der Waals surface area contributed by atoms with Crippen LogP contribution in [-0.4, -0.2) is 54.5 Å². The highest BCUT2D eigenvalue weighted by atomic mass is 16.6. The van der Waals surface area contributed by atoms with Crippen molar-refractivity contribution in [3.8, 4) is 0 Å². The summed E-state index contributed by atoms with van der Waals surface area (Å²) in [6.07, 6.45) is -2.88. The summed E-state index contributed by atoms with van der Waals surface area (Å²) in [5, 5.41) is 18.7. The van der Waals surface area contributed by atoms with Gasteiger partial charge < -0.3 is 24.4 Å². The summed E-state index contributed by atoms with van der Waals surface area (Å²) in [4.78, 5) is 10.6. The lowest BCUT2D eigenvalue weighted by atomic mass is 10.1. The van der Waals surface area contributed by atoms with Crippen molar-refractivity contribution >= 4 is 5.97 Å². The molecule has 0 aliphatic carbocycles. The van der Waals surface area contributed by atoms with Gasteiger partial charge in [-0.15, -0.1) is 0 Å². The summed E-state index contributed by atoms with van der Waals surface area (Å²) < 4.78 is 14.8. The number of aliphatic hydroxyl groups is 2. The van der Waals surface area contributed by atoms with Gasteiger partial charge in [-0.25, -0.2) is 0 Å². The number of hydrogen-bond donors (Lipinski definition) is 2. The third-order valence-electron chi connectivity index (χ3n) is 2.26. The molecule has 1 saturated heterocycles. The van der Waals surface area contributed by atoms with Gasteiger partial charge in [0.25, 0.3) is 0 Å². The van der Waals surface area contributed by atoms with Gasteiger partial charge in [0.1, 0.15) is 18.8 Å². The lowest BCUT2D eigenvalue weighted by Gasteiger charge is -2.23. The van der Waals surface area contributed by atoms with Gasteiger partial charge in [0.05, 0.1) is 6.10 Å². The van der Waals surface area contributed by atoms with E-state index in [4.69, 9.17) is 19.3 Å². The Labute approximate surface area is 87.7 Å². The summed E-state index contributed by atoms with van der Waals surface area (Å²) in [6.45, 7) is 1.29. The smallest absolute Gasteiger partial charge is 0.302 e.